The molecule has 1 N–H and O–H groups in total. The average Bonchev–Trinajstić information content (AvgIpc) is 2.55. The predicted octanol–water partition coefficient (Wildman–Crippen LogP) is 3.71. The van der Waals surface area contributed by atoms with E-state index in [4.69, 9.17) is 0 Å². The summed E-state index contributed by atoms with van der Waals surface area (Å²) in [6, 6.07) is 8.21. The molecule has 0 aliphatic heterocycles. The van der Waals surface area contributed by atoms with Crippen molar-refractivity contribution < 1.29 is 23.1 Å². The van der Waals surface area contributed by atoms with Gasteiger partial charge in [0.25, 0.3) is 0 Å². The molecule has 0 fully saturated rings. The number of carbonyl (C=O) groups excluding carboxylic acids is 2. The van der Waals surface area contributed by atoms with Crippen LogP contribution in [0.25, 0.3) is 6.08 Å². The highest BCUT2D eigenvalue weighted by molar-refractivity contribution is 6.03. The summed E-state index contributed by atoms with van der Waals surface area (Å²) in [5.74, 6) is -2.62. The molecule has 0 heterocycles. The van der Waals surface area contributed by atoms with Gasteiger partial charge < -0.3 is 10.1 Å². The van der Waals surface area contributed by atoms with Gasteiger partial charge in [0, 0.05) is 17.3 Å². The molecule has 0 atom stereocenters. The van der Waals surface area contributed by atoms with E-state index in [2.05, 4.69) is 10.1 Å². The molecule has 0 spiro atoms. The Balaban J connectivity index is 2.19. The lowest BCUT2D eigenvalue weighted by molar-refractivity contribution is -0.111. The lowest BCUT2D eigenvalue weighted by atomic mass is 10.1. The van der Waals surface area contributed by atoms with Crippen LogP contribution in [-0.4, -0.2) is 19.0 Å². The second-order valence-electron chi connectivity index (χ2n) is 4.93. The number of ether oxygens (including phenoxy) is 1. The van der Waals surface area contributed by atoms with Crippen molar-refractivity contribution in [3.8, 4) is 0 Å². The third-order valence-corrected chi connectivity index (χ3v) is 3.40. The predicted molar refractivity (Wildman–Crippen MR) is 86.5 cm³/mol. The van der Waals surface area contributed by atoms with Crippen LogP contribution >= 0.6 is 0 Å². The van der Waals surface area contributed by atoms with Crippen molar-refractivity contribution in [3.63, 3.8) is 0 Å². The minimum absolute atomic E-state index is 0.298. The number of rotatable bonds is 4. The molecule has 0 bridgehead atoms. The standard InChI is InChI=1S/C18H15F2NO3/c1-11-12(18(23)24-2)5-3-8-16(11)21-17(22)10-9-13-14(19)6-4-7-15(13)20/h3-10H,1-2H3,(H,21,22)/b10-9+. The third-order valence-electron chi connectivity index (χ3n) is 3.40. The van der Waals surface area contributed by atoms with Gasteiger partial charge in [-0.25, -0.2) is 13.6 Å². The molecule has 0 radical (unpaired) electrons. The fourth-order valence-electron chi connectivity index (χ4n) is 2.11. The molecule has 0 saturated carbocycles. The number of hydrogen-bond donors (Lipinski definition) is 1. The Labute approximate surface area is 137 Å². The van der Waals surface area contributed by atoms with Crippen LogP contribution in [0.3, 0.4) is 0 Å². The van der Waals surface area contributed by atoms with Gasteiger partial charge >= 0.3 is 5.97 Å². The summed E-state index contributed by atoms with van der Waals surface area (Å²) in [5, 5.41) is 2.56. The Morgan fingerprint density at radius 2 is 1.71 bits per heavy atom. The second kappa shape index (κ2) is 7.50. The van der Waals surface area contributed by atoms with Crippen LogP contribution in [0.4, 0.5) is 14.5 Å². The molecule has 0 aliphatic carbocycles. The number of halogens is 2. The largest absolute Gasteiger partial charge is 0.465 e. The highest BCUT2D eigenvalue weighted by Crippen LogP contribution is 2.20. The minimum atomic E-state index is -0.761. The van der Waals surface area contributed by atoms with Crippen molar-refractivity contribution in [3.05, 3.63) is 70.8 Å². The lowest BCUT2D eigenvalue weighted by Gasteiger charge is -2.10. The van der Waals surface area contributed by atoms with Gasteiger partial charge in [0.1, 0.15) is 11.6 Å². The van der Waals surface area contributed by atoms with Crippen LogP contribution in [0, 0.1) is 18.6 Å². The van der Waals surface area contributed by atoms with Crippen LogP contribution < -0.4 is 5.32 Å². The first kappa shape index (κ1) is 17.3. The molecule has 2 aromatic carbocycles. The van der Waals surface area contributed by atoms with E-state index in [1.807, 2.05) is 0 Å². The van der Waals surface area contributed by atoms with E-state index in [9.17, 15) is 18.4 Å². The summed E-state index contributed by atoms with van der Waals surface area (Å²) >= 11 is 0. The minimum Gasteiger partial charge on any atom is -0.465 e. The summed E-state index contributed by atoms with van der Waals surface area (Å²) in [7, 11) is 1.26. The number of anilines is 1. The van der Waals surface area contributed by atoms with E-state index >= 15 is 0 Å². The molecular weight excluding hydrogens is 316 g/mol. The van der Waals surface area contributed by atoms with Crippen LogP contribution in [-0.2, 0) is 9.53 Å². The average molecular weight is 331 g/mol. The molecular formula is C18H15F2NO3. The zero-order valence-electron chi connectivity index (χ0n) is 13.1. The molecule has 124 valence electrons. The number of nitrogens with one attached hydrogen (secondary N) is 1. The fourth-order valence-corrected chi connectivity index (χ4v) is 2.11. The Hall–Kier alpha value is -3.02. The third kappa shape index (κ3) is 3.84. The summed E-state index contributed by atoms with van der Waals surface area (Å²) in [4.78, 5) is 23.6. The van der Waals surface area contributed by atoms with E-state index in [0.29, 0.717) is 16.8 Å². The van der Waals surface area contributed by atoms with Crippen LogP contribution in [0.15, 0.2) is 42.5 Å². The first-order chi connectivity index (χ1) is 11.4. The Bertz CT molecular complexity index is 796. The lowest BCUT2D eigenvalue weighted by Crippen LogP contribution is -2.12. The van der Waals surface area contributed by atoms with Crippen molar-refractivity contribution >= 4 is 23.6 Å². The van der Waals surface area contributed by atoms with Gasteiger partial charge in [0.05, 0.1) is 12.7 Å². The topological polar surface area (TPSA) is 55.4 Å². The molecule has 2 rings (SSSR count). The Morgan fingerprint density at radius 1 is 1.08 bits per heavy atom. The summed E-state index contributed by atoms with van der Waals surface area (Å²) < 4.78 is 31.7. The highest BCUT2D eigenvalue weighted by atomic mass is 19.1. The summed E-state index contributed by atoms with van der Waals surface area (Å²) in [6.07, 6.45) is 2.07. The zero-order valence-corrected chi connectivity index (χ0v) is 13.1. The number of benzene rings is 2. The summed E-state index contributed by atoms with van der Waals surface area (Å²) in [6.45, 7) is 1.65. The maximum absolute atomic E-state index is 13.5. The first-order valence-electron chi connectivity index (χ1n) is 7.05. The van der Waals surface area contributed by atoms with Gasteiger partial charge in [0.2, 0.25) is 5.91 Å². The van der Waals surface area contributed by atoms with Gasteiger partial charge in [-0.15, -0.1) is 0 Å². The number of amides is 1. The number of methoxy groups -OCH3 is 1. The fraction of sp³-hybridized carbons (Fsp3) is 0.111. The van der Waals surface area contributed by atoms with E-state index in [1.54, 1.807) is 25.1 Å². The first-order valence-corrected chi connectivity index (χ1v) is 7.05. The molecule has 0 saturated heterocycles. The van der Waals surface area contributed by atoms with Gasteiger partial charge in [-0.1, -0.05) is 12.1 Å². The smallest absolute Gasteiger partial charge is 0.338 e. The highest BCUT2D eigenvalue weighted by Gasteiger charge is 2.13. The van der Waals surface area contributed by atoms with Gasteiger partial charge in [-0.2, -0.15) is 0 Å². The van der Waals surface area contributed by atoms with Crippen molar-refractivity contribution in [1.82, 2.24) is 0 Å². The molecule has 0 aliphatic rings. The molecule has 6 heteroatoms. The van der Waals surface area contributed by atoms with E-state index in [0.717, 1.165) is 24.3 Å². The molecule has 24 heavy (non-hydrogen) atoms. The monoisotopic (exact) mass is 331 g/mol. The second-order valence-corrected chi connectivity index (χ2v) is 4.93. The number of hydrogen-bond acceptors (Lipinski definition) is 3. The van der Waals surface area contributed by atoms with Gasteiger partial charge in [-0.3, -0.25) is 4.79 Å². The molecule has 2 aromatic rings. The molecule has 0 aromatic heterocycles. The number of carbonyl (C=O) groups is 2. The van der Waals surface area contributed by atoms with E-state index < -0.39 is 23.5 Å². The van der Waals surface area contributed by atoms with Crippen molar-refractivity contribution in [2.24, 2.45) is 0 Å². The normalized spacial score (nSPS) is 10.7. The molecule has 0 unspecified atom stereocenters. The van der Waals surface area contributed by atoms with E-state index in [1.165, 1.54) is 13.2 Å². The van der Waals surface area contributed by atoms with Gasteiger partial charge in [-0.05, 0) is 42.8 Å². The maximum atomic E-state index is 13.5. The molecule has 1 amide bonds. The molecule has 4 nitrogen and oxygen atoms in total. The van der Waals surface area contributed by atoms with Crippen LogP contribution in [0.1, 0.15) is 21.5 Å². The Kier molecular flexibility index (Phi) is 5.42. The van der Waals surface area contributed by atoms with Crippen LogP contribution in [0.2, 0.25) is 0 Å². The van der Waals surface area contributed by atoms with Gasteiger partial charge in [0.15, 0.2) is 0 Å². The van der Waals surface area contributed by atoms with E-state index in [-0.39, 0.29) is 5.56 Å². The number of esters is 1. The Morgan fingerprint density at radius 3 is 2.33 bits per heavy atom. The maximum Gasteiger partial charge on any atom is 0.338 e. The van der Waals surface area contributed by atoms with Crippen LogP contribution in [0.5, 0.6) is 0 Å². The van der Waals surface area contributed by atoms with Crippen molar-refractivity contribution in [2.45, 2.75) is 6.92 Å². The zero-order chi connectivity index (χ0) is 17.7. The summed E-state index contributed by atoms with van der Waals surface area (Å²) in [5.41, 5.74) is 0.955. The SMILES string of the molecule is COC(=O)c1cccc(NC(=O)/C=C/c2c(F)cccc2F)c1C. The van der Waals surface area contributed by atoms with Crippen molar-refractivity contribution in [2.75, 3.05) is 12.4 Å². The quantitative estimate of drug-likeness (QED) is 0.686. The van der Waals surface area contributed by atoms with Crippen molar-refractivity contribution in [1.29, 1.82) is 0 Å².